The van der Waals surface area contributed by atoms with Crippen molar-refractivity contribution >= 4 is 41.1 Å². The normalized spacial score (nSPS) is 11.5. The second kappa shape index (κ2) is 14.0. The first-order valence-corrected chi connectivity index (χ1v) is 13.5. The van der Waals surface area contributed by atoms with Gasteiger partial charge in [-0.1, -0.05) is 78.4 Å². The average molecular weight is 572 g/mol. The molecule has 0 radical (unpaired) electrons. The van der Waals surface area contributed by atoms with Gasteiger partial charge in [-0.2, -0.15) is 0 Å². The van der Waals surface area contributed by atoms with Gasteiger partial charge in [0, 0.05) is 24.2 Å². The third-order valence-corrected chi connectivity index (χ3v) is 6.78. The predicted octanol–water partition coefficient (Wildman–Crippen LogP) is 8.00. The molecule has 41 heavy (non-hydrogen) atoms. The van der Waals surface area contributed by atoms with Crippen LogP contribution in [-0.4, -0.2) is 35.8 Å². The summed E-state index contributed by atoms with van der Waals surface area (Å²) >= 11 is 0. The zero-order chi connectivity index (χ0) is 28.8. The molecule has 1 heterocycles. The number of phenols is 2. The molecule has 1 aromatic heterocycles. The molecule has 0 unspecified atom stereocenters. The summed E-state index contributed by atoms with van der Waals surface area (Å²) in [6, 6.07) is 20.0. The fraction of sp³-hybridized carbons (Fsp3) is 0.229. The highest BCUT2D eigenvalue weighted by atomic mass is 35.5. The van der Waals surface area contributed by atoms with E-state index >= 15 is 0 Å². The van der Waals surface area contributed by atoms with Crippen LogP contribution in [0.2, 0.25) is 0 Å². The fourth-order valence-electron chi connectivity index (χ4n) is 4.74. The van der Waals surface area contributed by atoms with Crippen LogP contribution in [0.5, 0.6) is 11.5 Å². The number of hydrogen-bond acceptors (Lipinski definition) is 5. The number of phenolic OH excluding ortho intramolecular Hbond substituents is 2. The standard InChI is InChI=1S/C20H21N.C15H16O4.ClH/c1-21(2)15-7-12-20-18-10-5-3-8-16(18)13-14-17-9-4-6-11-19(17)20;1-8(2)4-5-10-11(16)7-13-14(15(10)18)12(17)6-9(3)19-13;/h3-6,8-14H,7,15H2,1-2H3;4,6-7,16,18H,5H2,1-3H3;1H. The molecule has 6 heteroatoms. The molecule has 214 valence electrons. The number of aryl methyl sites for hydroxylation is 1. The predicted molar refractivity (Wildman–Crippen MR) is 173 cm³/mol. The SMILES string of the molecule is CC(C)=CCc1c(O)cc2oc(C)cc(=O)c2c1O.CN(C)CCC=C1c2ccccc2C=Cc2ccccc21.Cl. The Morgan fingerprint density at radius 1 is 0.927 bits per heavy atom. The molecule has 2 N–H and O–H groups in total. The smallest absolute Gasteiger partial charge is 0.196 e. The van der Waals surface area contributed by atoms with Gasteiger partial charge in [-0.15, -0.1) is 12.4 Å². The van der Waals surface area contributed by atoms with E-state index in [4.69, 9.17) is 4.42 Å². The molecular weight excluding hydrogens is 534 g/mol. The second-order valence-corrected chi connectivity index (χ2v) is 10.5. The molecule has 3 aromatic carbocycles. The first-order chi connectivity index (χ1) is 19.2. The minimum Gasteiger partial charge on any atom is -0.507 e. The number of allylic oxidation sites excluding steroid dienone is 2. The summed E-state index contributed by atoms with van der Waals surface area (Å²) < 4.78 is 5.35. The molecule has 0 fully saturated rings. The van der Waals surface area contributed by atoms with Crippen LogP contribution in [0.3, 0.4) is 0 Å². The van der Waals surface area contributed by atoms with Crippen LogP contribution in [0, 0.1) is 6.92 Å². The lowest BCUT2D eigenvalue weighted by Crippen LogP contribution is -2.12. The largest absolute Gasteiger partial charge is 0.507 e. The van der Waals surface area contributed by atoms with E-state index in [1.165, 1.54) is 40.0 Å². The average Bonchev–Trinajstić information content (AvgIpc) is 3.05. The Bertz CT molecular complexity index is 1620. The summed E-state index contributed by atoms with van der Waals surface area (Å²) in [6.45, 7) is 6.56. The lowest BCUT2D eigenvalue weighted by molar-refractivity contribution is 0.417. The van der Waals surface area contributed by atoms with E-state index in [9.17, 15) is 15.0 Å². The summed E-state index contributed by atoms with van der Waals surface area (Å²) in [5.74, 6) is 0.158. The van der Waals surface area contributed by atoms with Crippen LogP contribution in [0.15, 0.2) is 87.6 Å². The molecule has 1 aliphatic carbocycles. The van der Waals surface area contributed by atoms with Gasteiger partial charge in [-0.25, -0.2) is 0 Å². The zero-order valence-electron chi connectivity index (χ0n) is 24.3. The highest BCUT2D eigenvalue weighted by Crippen LogP contribution is 2.35. The fourth-order valence-corrected chi connectivity index (χ4v) is 4.74. The van der Waals surface area contributed by atoms with Crippen LogP contribution >= 0.6 is 12.4 Å². The van der Waals surface area contributed by atoms with Gasteiger partial charge in [0.15, 0.2) is 5.43 Å². The van der Waals surface area contributed by atoms with E-state index < -0.39 is 0 Å². The minimum absolute atomic E-state index is 0. The van der Waals surface area contributed by atoms with Crippen LogP contribution in [0.4, 0.5) is 0 Å². The quantitative estimate of drug-likeness (QED) is 0.209. The summed E-state index contributed by atoms with van der Waals surface area (Å²) in [7, 11) is 4.24. The van der Waals surface area contributed by atoms with Crippen molar-refractivity contribution in [2.75, 3.05) is 20.6 Å². The van der Waals surface area contributed by atoms with E-state index in [1.54, 1.807) is 6.92 Å². The van der Waals surface area contributed by atoms with Crippen molar-refractivity contribution in [3.05, 3.63) is 122 Å². The lowest BCUT2D eigenvalue weighted by Gasteiger charge is -2.13. The summed E-state index contributed by atoms with van der Waals surface area (Å²) in [6.07, 6.45) is 10.1. The Morgan fingerprint density at radius 3 is 2.07 bits per heavy atom. The van der Waals surface area contributed by atoms with Crippen molar-refractivity contribution in [3.63, 3.8) is 0 Å². The van der Waals surface area contributed by atoms with Crippen LogP contribution in [0.25, 0.3) is 28.7 Å². The van der Waals surface area contributed by atoms with Crippen molar-refractivity contribution in [3.8, 4) is 11.5 Å². The monoisotopic (exact) mass is 571 g/mol. The lowest BCUT2D eigenvalue weighted by atomic mass is 9.93. The number of hydrogen-bond donors (Lipinski definition) is 2. The third-order valence-electron chi connectivity index (χ3n) is 6.78. The molecule has 0 amide bonds. The molecule has 5 nitrogen and oxygen atoms in total. The molecule has 0 atom stereocenters. The van der Waals surface area contributed by atoms with Crippen molar-refractivity contribution in [1.29, 1.82) is 0 Å². The maximum Gasteiger partial charge on any atom is 0.196 e. The first kappa shape index (κ1) is 31.5. The number of rotatable bonds is 5. The van der Waals surface area contributed by atoms with Gasteiger partial charge in [0.1, 0.15) is 28.2 Å². The number of aromatic hydroxyl groups is 2. The Balaban J connectivity index is 0.000000221. The molecule has 0 bridgehead atoms. The maximum atomic E-state index is 11.9. The molecule has 5 rings (SSSR count). The van der Waals surface area contributed by atoms with Crippen molar-refractivity contribution < 1.29 is 14.6 Å². The van der Waals surface area contributed by atoms with Gasteiger partial charge < -0.3 is 19.5 Å². The molecule has 0 aliphatic heterocycles. The van der Waals surface area contributed by atoms with Gasteiger partial charge in [-0.3, -0.25) is 4.79 Å². The van der Waals surface area contributed by atoms with Crippen LogP contribution < -0.4 is 5.43 Å². The molecule has 1 aliphatic rings. The molecular formula is C35H38ClNO4. The Hall–Kier alpha value is -4.06. The highest BCUT2D eigenvalue weighted by molar-refractivity contribution is 5.93. The molecule has 0 saturated carbocycles. The Kier molecular flexibility index (Phi) is 10.8. The molecule has 0 saturated heterocycles. The molecule has 0 spiro atoms. The van der Waals surface area contributed by atoms with E-state index in [0.29, 0.717) is 17.7 Å². The van der Waals surface area contributed by atoms with E-state index in [2.05, 4.69) is 85.8 Å². The van der Waals surface area contributed by atoms with Crippen molar-refractivity contribution in [2.45, 2.75) is 33.6 Å². The topological polar surface area (TPSA) is 73.9 Å². The summed E-state index contributed by atoms with van der Waals surface area (Å²) in [5, 5.41) is 20.2. The first-order valence-electron chi connectivity index (χ1n) is 13.5. The van der Waals surface area contributed by atoms with E-state index in [-0.39, 0.29) is 40.3 Å². The van der Waals surface area contributed by atoms with Gasteiger partial charge in [0.25, 0.3) is 0 Å². The highest BCUT2D eigenvalue weighted by Gasteiger charge is 2.16. The van der Waals surface area contributed by atoms with E-state index in [0.717, 1.165) is 18.5 Å². The number of benzene rings is 3. The van der Waals surface area contributed by atoms with Gasteiger partial charge >= 0.3 is 0 Å². The third kappa shape index (κ3) is 7.57. The maximum absolute atomic E-state index is 11.9. The van der Waals surface area contributed by atoms with Crippen LogP contribution in [-0.2, 0) is 6.42 Å². The number of fused-ring (bicyclic) bond motifs is 3. The Morgan fingerprint density at radius 2 is 1.51 bits per heavy atom. The number of nitrogens with zero attached hydrogens (tertiary/aromatic N) is 1. The van der Waals surface area contributed by atoms with Gasteiger partial charge in [-0.05, 0) is 75.5 Å². The van der Waals surface area contributed by atoms with Gasteiger partial charge in [0.05, 0.1) is 0 Å². The minimum atomic E-state index is -0.310. The number of halogens is 1. The van der Waals surface area contributed by atoms with Crippen molar-refractivity contribution in [1.82, 2.24) is 4.90 Å². The molecule has 4 aromatic rings. The van der Waals surface area contributed by atoms with E-state index in [1.807, 2.05) is 19.9 Å². The summed E-state index contributed by atoms with van der Waals surface area (Å²) in [4.78, 5) is 14.1. The van der Waals surface area contributed by atoms with Gasteiger partial charge in [0.2, 0.25) is 0 Å². The Labute approximate surface area is 248 Å². The van der Waals surface area contributed by atoms with Crippen LogP contribution in [0.1, 0.15) is 53.8 Å². The van der Waals surface area contributed by atoms with Crippen molar-refractivity contribution in [2.24, 2.45) is 0 Å². The summed E-state index contributed by atoms with van der Waals surface area (Å²) in [5.41, 5.74) is 7.90. The zero-order valence-corrected chi connectivity index (χ0v) is 25.1. The second-order valence-electron chi connectivity index (χ2n) is 10.5.